The maximum absolute atomic E-state index is 15.1. The predicted molar refractivity (Wildman–Crippen MR) is 95.7 cm³/mol. The van der Waals surface area contributed by atoms with Gasteiger partial charge in [0.25, 0.3) is 0 Å². The summed E-state index contributed by atoms with van der Waals surface area (Å²) in [6.07, 6.45) is 3.89. The standard InChI is InChI=1S/C19H17FN4O3/c20-15-4-12-16(24(10-1-2-10)8-14(18(12)25)19(26)27)13(5-21)17(15)23-7-9-3-11(23)6-22-9/h4,8-11,22H,1-3,6-7H2,(H,26,27). The molecule has 2 aromatic rings. The second-order valence-electron chi connectivity index (χ2n) is 7.55. The van der Waals surface area contributed by atoms with E-state index in [-0.39, 0.29) is 34.8 Å². The number of halogens is 1. The third-order valence-corrected chi connectivity index (χ3v) is 5.87. The fourth-order valence-electron chi connectivity index (χ4n) is 4.49. The fraction of sp³-hybridized carbons (Fsp3) is 0.421. The van der Waals surface area contributed by atoms with Crippen molar-refractivity contribution in [3.63, 3.8) is 0 Å². The lowest BCUT2D eigenvalue weighted by molar-refractivity contribution is 0.0695. The van der Waals surface area contributed by atoms with Gasteiger partial charge < -0.3 is 19.9 Å². The van der Waals surface area contributed by atoms with Crippen LogP contribution in [0.4, 0.5) is 10.1 Å². The minimum absolute atomic E-state index is 0.0355. The first-order valence-electron chi connectivity index (χ1n) is 9.04. The maximum atomic E-state index is 15.1. The summed E-state index contributed by atoms with van der Waals surface area (Å²) in [6, 6.07) is 3.64. The van der Waals surface area contributed by atoms with Crippen molar-refractivity contribution in [1.82, 2.24) is 9.88 Å². The number of carboxylic acids is 1. The van der Waals surface area contributed by atoms with Gasteiger partial charge in [-0.05, 0) is 25.3 Å². The molecule has 7 nitrogen and oxygen atoms in total. The summed E-state index contributed by atoms with van der Waals surface area (Å²) >= 11 is 0. The van der Waals surface area contributed by atoms with E-state index in [1.54, 1.807) is 4.57 Å². The molecule has 27 heavy (non-hydrogen) atoms. The molecule has 2 unspecified atom stereocenters. The van der Waals surface area contributed by atoms with Crippen molar-refractivity contribution in [3.8, 4) is 6.07 Å². The van der Waals surface area contributed by atoms with Crippen molar-refractivity contribution in [1.29, 1.82) is 5.26 Å². The minimum Gasteiger partial charge on any atom is -0.477 e. The first kappa shape index (κ1) is 16.3. The van der Waals surface area contributed by atoms with E-state index in [2.05, 4.69) is 11.4 Å². The van der Waals surface area contributed by atoms with Gasteiger partial charge in [-0.15, -0.1) is 0 Å². The first-order valence-corrected chi connectivity index (χ1v) is 9.04. The number of rotatable bonds is 3. The van der Waals surface area contributed by atoms with Gasteiger partial charge in [0.2, 0.25) is 5.43 Å². The van der Waals surface area contributed by atoms with Crippen LogP contribution in [0.2, 0.25) is 0 Å². The molecule has 1 aliphatic carbocycles. The second-order valence-corrected chi connectivity index (χ2v) is 7.55. The van der Waals surface area contributed by atoms with Gasteiger partial charge in [0.15, 0.2) is 0 Å². The largest absolute Gasteiger partial charge is 0.477 e. The maximum Gasteiger partial charge on any atom is 0.341 e. The summed E-state index contributed by atoms with van der Waals surface area (Å²) in [5.74, 6) is -1.99. The van der Waals surface area contributed by atoms with Crippen LogP contribution in [0.3, 0.4) is 0 Å². The Hall–Kier alpha value is -2.92. The number of benzene rings is 1. The lowest BCUT2D eigenvalue weighted by atomic mass is 10.0. The van der Waals surface area contributed by atoms with Gasteiger partial charge in [-0.1, -0.05) is 0 Å². The molecule has 3 fully saturated rings. The molecule has 0 amide bonds. The molecule has 1 saturated carbocycles. The number of pyridine rings is 1. The summed E-state index contributed by atoms with van der Waals surface area (Å²) in [6.45, 7) is 1.35. The van der Waals surface area contributed by atoms with E-state index in [4.69, 9.17) is 0 Å². The average Bonchev–Trinajstić information content (AvgIpc) is 3.27. The van der Waals surface area contributed by atoms with Gasteiger partial charge >= 0.3 is 5.97 Å². The number of piperazine rings is 1. The average molecular weight is 368 g/mol. The number of carbonyl (C=O) groups is 1. The summed E-state index contributed by atoms with van der Waals surface area (Å²) in [7, 11) is 0. The molecule has 2 aliphatic heterocycles. The zero-order chi connectivity index (χ0) is 18.9. The van der Waals surface area contributed by atoms with E-state index >= 15 is 4.39 Å². The fourth-order valence-corrected chi connectivity index (χ4v) is 4.49. The smallest absolute Gasteiger partial charge is 0.341 e. The second kappa shape index (κ2) is 5.54. The highest BCUT2D eigenvalue weighted by Crippen LogP contribution is 2.41. The number of nitriles is 1. The Labute approximate surface area is 153 Å². The van der Waals surface area contributed by atoms with Gasteiger partial charge in [-0.2, -0.15) is 5.26 Å². The quantitative estimate of drug-likeness (QED) is 0.854. The molecule has 3 heterocycles. The molecule has 5 rings (SSSR count). The van der Waals surface area contributed by atoms with Gasteiger partial charge in [0.1, 0.15) is 23.0 Å². The molecule has 1 aromatic heterocycles. The van der Waals surface area contributed by atoms with Crippen molar-refractivity contribution < 1.29 is 14.3 Å². The summed E-state index contributed by atoms with van der Waals surface area (Å²) in [4.78, 5) is 26.0. The van der Waals surface area contributed by atoms with Crippen LogP contribution >= 0.6 is 0 Å². The number of fused-ring (bicyclic) bond motifs is 3. The molecule has 8 heteroatoms. The number of hydrogen-bond acceptors (Lipinski definition) is 5. The van der Waals surface area contributed by atoms with Crippen molar-refractivity contribution in [2.24, 2.45) is 0 Å². The van der Waals surface area contributed by atoms with Crippen molar-refractivity contribution in [2.75, 3.05) is 18.0 Å². The number of aromatic carboxylic acids is 1. The van der Waals surface area contributed by atoms with Gasteiger partial charge in [0.05, 0.1) is 16.6 Å². The Morgan fingerprint density at radius 2 is 2.15 bits per heavy atom. The number of nitrogens with zero attached hydrogens (tertiary/aromatic N) is 3. The van der Waals surface area contributed by atoms with Crippen molar-refractivity contribution >= 4 is 22.6 Å². The molecule has 1 aromatic carbocycles. The van der Waals surface area contributed by atoms with Gasteiger partial charge in [0, 0.05) is 37.4 Å². The lowest BCUT2D eigenvalue weighted by Crippen LogP contribution is -2.44. The van der Waals surface area contributed by atoms with E-state index < -0.39 is 22.8 Å². The zero-order valence-corrected chi connectivity index (χ0v) is 14.4. The highest BCUT2D eigenvalue weighted by molar-refractivity contribution is 5.96. The molecule has 2 saturated heterocycles. The molecule has 3 aliphatic rings. The first-order chi connectivity index (χ1) is 13.0. The van der Waals surface area contributed by atoms with E-state index in [1.807, 2.05) is 4.90 Å². The Balaban J connectivity index is 1.84. The Morgan fingerprint density at radius 1 is 1.37 bits per heavy atom. The van der Waals surface area contributed by atoms with Crippen LogP contribution in [-0.4, -0.2) is 40.8 Å². The van der Waals surface area contributed by atoms with E-state index in [0.29, 0.717) is 12.1 Å². The van der Waals surface area contributed by atoms with Crippen LogP contribution in [0, 0.1) is 17.1 Å². The van der Waals surface area contributed by atoms with E-state index in [0.717, 1.165) is 31.9 Å². The van der Waals surface area contributed by atoms with Gasteiger partial charge in [-0.3, -0.25) is 4.79 Å². The van der Waals surface area contributed by atoms with Crippen LogP contribution in [0.15, 0.2) is 17.1 Å². The summed E-state index contributed by atoms with van der Waals surface area (Å²) in [5.41, 5.74) is -0.438. The number of hydrogen-bond donors (Lipinski definition) is 2. The Kier molecular flexibility index (Phi) is 3.34. The highest BCUT2D eigenvalue weighted by atomic mass is 19.1. The number of nitrogens with one attached hydrogen (secondary N) is 1. The molecular formula is C19H17FN4O3. The van der Waals surface area contributed by atoms with E-state index in [1.165, 1.54) is 6.20 Å². The lowest BCUT2D eigenvalue weighted by Gasteiger charge is -2.31. The third kappa shape index (κ3) is 2.28. The predicted octanol–water partition coefficient (Wildman–Crippen LogP) is 1.60. The summed E-state index contributed by atoms with van der Waals surface area (Å²) in [5, 5.41) is 22.5. The number of carboxylic acid groups (broad SMARTS) is 1. The zero-order valence-electron chi connectivity index (χ0n) is 14.4. The van der Waals surface area contributed by atoms with Crippen LogP contribution < -0.4 is 15.6 Å². The van der Waals surface area contributed by atoms with Gasteiger partial charge in [-0.25, -0.2) is 9.18 Å². The van der Waals surface area contributed by atoms with E-state index in [9.17, 15) is 20.0 Å². The van der Waals surface area contributed by atoms with Crippen molar-refractivity contribution in [2.45, 2.75) is 37.4 Å². The molecule has 0 spiro atoms. The minimum atomic E-state index is -1.35. The summed E-state index contributed by atoms with van der Waals surface area (Å²) < 4.78 is 16.8. The monoisotopic (exact) mass is 368 g/mol. The van der Waals surface area contributed by atoms with Crippen molar-refractivity contribution in [3.05, 3.63) is 39.4 Å². The Morgan fingerprint density at radius 3 is 2.70 bits per heavy atom. The molecule has 0 radical (unpaired) electrons. The number of anilines is 1. The van der Waals surface area contributed by atoms with Crippen LogP contribution in [0.5, 0.6) is 0 Å². The third-order valence-electron chi connectivity index (χ3n) is 5.87. The molecule has 138 valence electrons. The SMILES string of the molecule is N#Cc1c(N2CC3CC2CN3)c(F)cc2c(=O)c(C(=O)O)cn(C3CC3)c12. The molecule has 2 N–H and O–H groups in total. The molecular weight excluding hydrogens is 351 g/mol. The highest BCUT2D eigenvalue weighted by Gasteiger charge is 2.40. The molecule has 2 bridgehead atoms. The van der Waals surface area contributed by atoms with Crippen LogP contribution in [0.1, 0.15) is 41.2 Å². The topological polar surface area (TPSA) is 98.4 Å². The van der Waals surface area contributed by atoms with Crippen LogP contribution in [-0.2, 0) is 0 Å². The Bertz CT molecular complexity index is 1100. The molecule has 2 atom stereocenters. The van der Waals surface area contributed by atoms with Crippen LogP contribution in [0.25, 0.3) is 10.9 Å². The normalized spacial score (nSPS) is 23.8. The number of aromatic nitrogens is 1.